The van der Waals surface area contributed by atoms with Gasteiger partial charge in [-0.15, -0.1) is 0 Å². The van der Waals surface area contributed by atoms with Crippen LogP contribution in [0.2, 0.25) is 0 Å². The number of carbonyl (C=O) groups is 1. The Balaban J connectivity index is 2.64. The fourth-order valence-corrected chi connectivity index (χ4v) is 2.94. The van der Waals surface area contributed by atoms with Crippen LogP contribution < -0.4 is 5.32 Å². The summed E-state index contributed by atoms with van der Waals surface area (Å²) >= 11 is 0. The first kappa shape index (κ1) is 19.6. The first-order valence-electron chi connectivity index (χ1n) is 7.48. The van der Waals surface area contributed by atoms with Crippen LogP contribution in [0.15, 0.2) is 24.3 Å². The smallest absolute Gasteiger partial charge is 0.221 e. The minimum absolute atomic E-state index is 0.0710. The highest BCUT2D eigenvalue weighted by Gasteiger charge is 2.20. The van der Waals surface area contributed by atoms with Crippen molar-refractivity contribution in [2.75, 3.05) is 19.3 Å². The molecule has 7 heteroatoms. The van der Waals surface area contributed by atoms with Crippen LogP contribution >= 0.6 is 0 Å². The Morgan fingerprint density at radius 3 is 2.35 bits per heavy atom. The summed E-state index contributed by atoms with van der Waals surface area (Å²) < 4.78 is 38.5. The number of amides is 1. The molecule has 0 bridgehead atoms. The van der Waals surface area contributed by atoms with Crippen LogP contribution in [0.5, 0.6) is 0 Å². The number of hydrogen-bond acceptors (Lipinski definition) is 3. The molecule has 0 spiro atoms. The quantitative estimate of drug-likeness (QED) is 0.822. The number of nitrogens with one attached hydrogen (secondary N) is 1. The molecule has 1 N–H and O–H groups in total. The molecule has 1 aromatic rings. The average Bonchev–Trinajstić information content (AvgIpc) is 2.37. The van der Waals surface area contributed by atoms with Crippen molar-refractivity contribution in [3.8, 4) is 0 Å². The van der Waals surface area contributed by atoms with E-state index in [4.69, 9.17) is 0 Å². The van der Waals surface area contributed by atoms with E-state index >= 15 is 0 Å². The normalized spacial score (nSPS) is 12.4. The Labute approximate surface area is 137 Å². The predicted octanol–water partition coefficient (Wildman–Crippen LogP) is 1.93. The fraction of sp³-hybridized carbons (Fsp3) is 0.562. The predicted molar refractivity (Wildman–Crippen MR) is 89.0 cm³/mol. The van der Waals surface area contributed by atoms with Gasteiger partial charge in [0.05, 0.1) is 6.26 Å². The van der Waals surface area contributed by atoms with Gasteiger partial charge in [-0.3, -0.25) is 4.79 Å². The minimum atomic E-state index is -3.46. The molecule has 0 aliphatic heterocycles. The van der Waals surface area contributed by atoms with Gasteiger partial charge in [-0.2, -0.15) is 0 Å². The number of benzene rings is 1. The third-order valence-corrected chi connectivity index (χ3v) is 4.46. The molecule has 0 aliphatic carbocycles. The first-order valence-corrected chi connectivity index (χ1v) is 9.33. The van der Waals surface area contributed by atoms with E-state index in [1.807, 2.05) is 20.8 Å². The van der Waals surface area contributed by atoms with E-state index in [0.29, 0.717) is 5.56 Å². The lowest BCUT2D eigenvalue weighted by Gasteiger charge is -2.23. The maximum absolute atomic E-state index is 13.6. The van der Waals surface area contributed by atoms with Gasteiger partial charge in [0.15, 0.2) is 0 Å². The van der Waals surface area contributed by atoms with Gasteiger partial charge in [0.25, 0.3) is 0 Å². The van der Waals surface area contributed by atoms with Gasteiger partial charge in [-0.1, -0.05) is 18.2 Å². The van der Waals surface area contributed by atoms with Crippen LogP contribution in [-0.2, 0) is 21.2 Å². The monoisotopic (exact) mass is 344 g/mol. The minimum Gasteiger partial charge on any atom is -0.351 e. The van der Waals surface area contributed by atoms with Crippen molar-refractivity contribution in [3.05, 3.63) is 35.6 Å². The summed E-state index contributed by atoms with van der Waals surface area (Å²) in [6, 6.07) is 6.27. The van der Waals surface area contributed by atoms with Crippen molar-refractivity contribution >= 4 is 15.9 Å². The molecule has 0 unspecified atom stereocenters. The molecule has 5 nitrogen and oxygen atoms in total. The van der Waals surface area contributed by atoms with Gasteiger partial charge >= 0.3 is 0 Å². The van der Waals surface area contributed by atoms with Crippen LogP contribution in [0, 0.1) is 5.82 Å². The number of halogens is 1. The van der Waals surface area contributed by atoms with Crippen molar-refractivity contribution < 1.29 is 17.6 Å². The molecule has 0 saturated heterocycles. The van der Waals surface area contributed by atoms with E-state index in [1.165, 1.54) is 10.4 Å². The van der Waals surface area contributed by atoms with E-state index in [2.05, 4.69) is 5.32 Å². The molecule has 1 amide bonds. The third-order valence-electron chi connectivity index (χ3n) is 3.16. The summed E-state index contributed by atoms with van der Waals surface area (Å²) in [5.74, 6) is -0.566. The summed E-state index contributed by atoms with van der Waals surface area (Å²) in [4.78, 5) is 11.8. The van der Waals surface area contributed by atoms with Crippen molar-refractivity contribution in [2.24, 2.45) is 0 Å². The fourth-order valence-electron chi connectivity index (χ4n) is 2.10. The molecule has 0 radical (unpaired) electrons. The van der Waals surface area contributed by atoms with E-state index in [0.717, 1.165) is 6.26 Å². The SMILES string of the molecule is CC(C)(C)NC(=O)CCN(CCc1ccccc1F)S(C)(=O)=O. The van der Waals surface area contributed by atoms with Gasteiger partial charge in [0.1, 0.15) is 5.82 Å². The average molecular weight is 344 g/mol. The zero-order chi connectivity index (χ0) is 17.7. The summed E-state index contributed by atoms with van der Waals surface area (Å²) in [6.45, 7) is 5.80. The molecule has 0 aromatic heterocycles. The Kier molecular flexibility index (Phi) is 6.70. The van der Waals surface area contributed by atoms with Gasteiger partial charge in [-0.25, -0.2) is 17.1 Å². The lowest BCUT2D eigenvalue weighted by molar-refractivity contribution is -0.122. The van der Waals surface area contributed by atoms with E-state index in [9.17, 15) is 17.6 Å². The summed E-state index contributed by atoms with van der Waals surface area (Å²) in [6.07, 6.45) is 1.43. The molecular weight excluding hydrogens is 319 g/mol. The Morgan fingerprint density at radius 2 is 1.83 bits per heavy atom. The molecule has 0 aliphatic rings. The molecule has 0 fully saturated rings. The first-order chi connectivity index (χ1) is 10.5. The molecule has 1 aromatic carbocycles. The molecule has 1 rings (SSSR count). The molecule has 0 saturated carbocycles. The summed E-state index contributed by atoms with van der Waals surface area (Å²) in [7, 11) is -3.46. The molecule has 0 atom stereocenters. The molecule has 23 heavy (non-hydrogen) atoms. The number of carbonyl (C=O) groups excluding carboxylic acids is 1. The van der Waals surface area contributed by atoms with E-state index < -0.39 is 10.0 Å². The largest absolute Gasteiger partial charge is 0.351 e. The van der Waals surface area contributed by atoms with Gasteiger partial charge in [0, 0.05) is 25.0 Å². The van der Waals surface area contributed by atoms with Crippen molar-refractivity contribution in [3.63, 3.8) is 0 Å². The highest BCUT2D eigenvalue weighted by molar-refractivity contribution is 7.88. The maximum atomic E-state index is 13.6. The number of nitrogens with zero attached hydrogens (tertiary/aromatic N) is 1. The zero-order valence-electron chi connectivity index (χ0n) is 14.1. The number of rotatable bonds is 7. The molecular formula is C16H25FN2O3S. The lowest BCUT2D eigenvalue weighted by Crippen LogP contribution is -2.42. The van der Waals surface area contributed by atoms with E-state index in [1.54, 1.807) is 18.2 Å². The highest BCUT2D eigenvalue weighted by atomic mass is 32.2. The van der Waals surface area contributed by atoms with Crippen LogP contribution in [0.3, 0.4) is 0 Å². The van der Waals surface area contributed by atoms with Crippen LogP contribution in [0.25, 0.3) is 0 Å². The molecule has 0 heterocycles. The van der Waals surface area contributed by atoms with Crippen LogP contribution in [-0.4, -0.2) is 43.5 Å². The van der Waals surface area contributed by atoms with Crippen molar-refractivity contribution in [1.29, 1.82) is 0 Å². The summed E-state index contributed by atoms with van der Waals surface area (Å²) in [5.41, 5.74) is 0.0977. The standard InChI is InChI=1S/C16H25FN2O3S/c1-16(2,3)18-15(20)10-12-19(23(4,21)22)11-9-13-7-5-6-8-14(13)17/h5-8H,9-12H2,1-4H3,(H,18,20). The topological polar surface area (TPSA) is 66.5 Å². The third kappa shape index (κ3) is 7.56. The Bertz CT molecular complexity index is 639. The number of sulfonamides is 1. The van der Waals surface area contributed by atoms with Gasteiger partial charge in [0.2, 0.25) is 15.9 Å². The van der Waals surface area contributed by atoms with Gasteiger partial charge in [-0.05, 0) is 38.8 Å². The second-order valence-electron chi connectivity index (χ2n) is 6.55. The second-order valence-corrected chi connectivity index (χ2v) is 8.53. The second kappa shape index (κ2) is 7.88. The van der Waals surface area contributed by atoms with Crippen molar-refractivity contribution in [2.45, 2.75) is 39.2 Å². The zero-order valence-corrected chi connectivity index (χ0v) is 14.9. The Hall–Kier alpha value is -1.47. The van der Waals surface area contributed by atoms with Gasteiger partial charge < -0.3 is 5.32 Å². The van der Waals surface area contributed by atoms with Crippen molar-refractivity contribution in [1.82, 2.24) is 9.62 Å². The number of hydrogen-bond donors (Lipinski definition) is 1. The highest BCUT2D eigenvalue weighted by Crippen LogP contribution is 2.10. The lowest BCUT2D eigenvalue weighted by atomic mass is 10.1. The Morgan fingerprint density at radius 1 is 1.22 bits per heavy atom. The van der Waals surface area contributed by atoms with Crippen LogP contribution in [0.1, 0.15) is 32.8 Å². The maximum Gasteiger partial charge on any atom is 0.221 e. The van der Waals surface area contributed by atoms with Crippen LogP contribution in [0.4, 0.5) is 4.39 Å². The summed E-state index contributed by atoms with van der Waals surface area (Å²) in [5, 5.41) is 2.79. The molecule has 130 valence electrons. The van der Waals surface area contributed by atoms with E-state index in [-0.39, 0.29) is 43.2 Å².